The Balaban J connectivity index is 1.91. The van der Waals surface area contributed by atoms with Crippen molar-refractivity contribution >= 4 is 40.7 Å². The van der Waals surface area contributed by atoms with Gasteiger partial charge in [0.15, 0.2) is 5.11 Å². The summed E-state index contributed by atoms with van der Waals surface area (Å²) in [5.74, 6) is 0.928. The van der Waals surface area contributed by atoms with Crippen molar-refractivity contribution in [3.05, 3.63) is 24.3 Å². The maximum absolute atomic E-state index is 11.1. The minimum Gasteiger partial charge on any atom is -0.469 e. The molecule has 0 aliphatic carbocycles. The number of thiocarbonyl (C=S) groups is 1. The first kappa shape index (κ1) is 16.1. The van der Waals surface area contributed by atoms with Gasteiger partial charge < -0.3 is 15.0 Å². The van der Waals surface area contributed by atoms with Crippen LogP contribution in [0.3, 0.4) is 0 Å². The molecule has 2 rings (SSSR count). The maximum atomic E-state index is 11.1. The second-order valence-corrected chi connectivity index (χ2v) is 6.26. The topological polar surface area (TPSA) is 41.6 Å². The van der Waals surface area contributed by atoms with Crippen LogP contribution >= 0.6 is 24.0 Å². The number of carbonyl (C=O) groups excluding carboxylic acids is 1. The largest absolute Gasteiger partial charge is 0.469 e. The second kappa shape index (κ2) is 8.24. The van der Waals surface area contributed by atoms with E-state index in [1.54, 1.807) is 0 Å². The molecule has 0 amide bonds. The fraction of sp³-hybridized carbons (Fsp3) is 0.467. The first-order valence-corrected chi connectivity index (χ1v) is 8.46. The van der Waals surface area contributed by atoms with E-state index >= 15 is 0 Å². The molecule has 0 saturated heterocycles. The van der Waals surface area contributed by atoms with Crippen molar-refractivity contribution in [2.24, 2.45) is 0 Å². The van der Waals surface area contributed by atoms with Crippen molar-refractivity contribution in [3.8, 4) is 0 Å². The number of esters is 1. The zero-order valence-corrected chi connectivity index (χ0v) is 13.8. The Morgan fingerprint density at radius 3 is 3.10 bits per heavy atom. The highest BCUT2D eigenvalue weighted by molar-refractivity contribution is 7.99. The van der Waals surface area contributed by atoms with Gasteiger partial charge in [0.1, 0.15) is 0 Å². The minimum absolute atomic E-state index is 0.181. The molecule has 1 aliphatic rings. The number of hydrogen-bond donors (Lipinski definition) is 1. The molecule has 4 nitrogen and oxygen atoms in total. The van der Waals surface area contributed by atoms with E-state index in [0.717, 1.165) is 30.3 Å². The highest BCUT2D eigenvalue weighted by Gasteiger charge is 2.18. The van der Waals surface area contributed by atoms with Crippen molar-refractivity contribution in [1.29, 1.82) is 0 Å². The fourth-order valence-electron chi connectivity index (χ4n) is 2.16. The molecule has 0 spiro atoms. The number of nitrogens with one attached hydrogen (secondary N) is 1. The summed E-state index contributed by atoms with van der Waals surface area (Å²) < 4.78 is 4.62. The number of carbonyl (C=O) groups is 1. The molecule has 0 atom stereocenters. The number of thioether (sulfide) groups is 1. The van der Waals surface area contributed by atoms with Gasteiger partial charge in [-0.3, -0.25) is 4.79 Å². The molecule has 0 saturated carbocycles. The lowest BCUT2D eigenvalue weighted by molar-refractivity contribution is -0.140. The first-order valence-electron chi connectivity index (χ1n) is 7.06. The molecule has 1 heterocycles. The molecule has 1 aromatic rings. The zero-order valence-electron chi connectivity index (χ0n) is 12.1. The van der Waals surface area contributed by atoms with Gasteiger partial charge in [0, 0.05) is 24.4 Å². The van der Waals surface area contributed by atoms with Crippen LogP contribution in [-0.4, -0.2) is 37.0 Å². The highest BCUT2D eigenvalue weighted by atomic mass is 32.2. The number of nitrogens with zero attached hydrogens (tertiary/aromatic N) is 1. The maximum Gasteiger partial charge on any atom is 0.305 e. The molecule has 1 aromatic carbocycles. The van der Waals surface area contributed by atoms with Crippen molar-refractivity contribution in [2.45, 2.75) is 24.2 Å². The summed E-state index contributed by atoms with van der Waals surface area (Å²) in [6, 6.07) is 8.34. The van der Waals surface area contributed by atoms with Crippen molar-refractivity contribution in [1.82, 2.24) is 5.32 Å². The predicted octanol–water partition coefficient (Wildman–Crippen LogP) is 2.82. The van der Waals surface area contributed by atoms with Crippen molar-refractivity contribution < 1.29 is 9.53 Å². The Labute approximate surface area is 135 Å². The van der Waals surface area contributed by atoms with Gasteiger partial charge in [-0.25, -0.2) is 0 Å². The van der Waals surface area contributed by atoms with Crippen LogP contribution in [-0.2, 0) is 9.53 Å². The van der Waals surface area contributed by atoms with Gasteiger partial charge in [-0.15, -0.1) is 11.8 Å². The summed E-state index contributed by atoms with van der Waals surface area (Å²) in [6.45, 7) is 1.60. The van der Waals surface area contributed by atoms with Gasteiger partial charge in [0.05, 0.1) is 12.8 Å². The lowest BCUT2D eigenvalue weighted by atomic mass is 10.3. The standard InChI is InChI=1S/C15H20N2O2S2/c1-19-14(18)8-4-9-16-15(20)17-10-5-11-21-13-7-3-2-6-12(13)17/h2-3,6-7H,4-5,8-11H2,1H3,(H,16,20). The highest BCUT2D eigenvalue weighted by Crippen LogP contribution is 2.33. The number of anilines is 1. The third kappa shape index (κ3) is 4.61. The fourth-order valence-corrected chi connectivity index (χ4v) is 3.45. The van der Waals surface area contributed by atoms with E-state index in [1.807, 2.05) is 17.8 Å². The molecule has 114 valence electrons. The normalized spacial score (nSPS) is 14.0. The second-order valence-electron chi connectivity index (χ2n) is 4.73. The van der Waals surface area contributed by atoms with Crippen molar-refractivity contribution in [2.75, 3.05) is 30.9 Å². The molecule has 0 fully saturated rings. The van der Waals surface area contributed by atoms with E-state index in [1.165, 1.54) is 17.7 Å². The number of fused-ring (bicyclic) bond motifs is 1. The molecule has 0 radical (unpaired) electrons. The summed E-state index contributed by atoms with van der Waals surface area (Å²) in [4.78, 5) is 14.5. The van der Waals surface area contributed by atoms with Crippen LogP contribution in [0.4, 0.5) is 5.69 Å². The van der Waals surface area contributed by atoms with Crippen LogP contribution in [0.5, 0.6) is 0 Å². The zero-order chi connectivity index (χ0) is 15.1. The van der Waals surface area contributed by atoms with Crippen LogP contribution in [0, 0.1) is 0 Å². The van der Waals surface area contributed by atoms with E-state index in [9.17, 15) is 4.79 Å². The molecular formula is C15H20N2O2S2. The number of benzene rings is 1. The lowest BCUT2D eigenvalue weighted by Crippen LogP contribution is -2.40. The summed E-state index contributed by atoms with van der Waals surface area (Å²) in [5, 5.41) is 3.97. The van der Waals surface area contributed by atoms with Crippen LogP contribution in [0.2, 0.25) is 0 Å². The number of methoxy groups -OCH3 is 1. The first-order chi connectivity index (χ1) is 10.2. The predicted molar refractivity (Wildman–Crippen MR) is 91.0 cm³/mol. The average Bonchev–Trinajstić information content (AvgIpc) is 2.73. The molecule has 0 aromatic heterocycles. The van der Waals surface area contributed by atoms with Gasteiger partial charge in [0.25, 0.3) is 0 Å². The van der Waals surface area contributed by atoms with Crippen LogP contribution in [0.1, 0.15) is 19.3 Å². The average molecular weight is 324 g/mol. The van der Waals surface area contributed by atoms with Gasteiger partial charge in [0.2, 0.25) is 0 Å². The third-order valence-corrected chi connectivity index (χ3v) is 4.76. The summed E-state index contributed by atoms with van der Waals surface area (Å²) in [5.41, 5.74) is 1.17. The van der Waals surface area contributed by atoms with E-state index < -0.39 is 0 Å². The summed E-state index contributed by atoms with van der Waals surface area (Å²) in [6.07, 6.45) is 2.24. The molecule has 0 bridgehead atoms. The number of ether oxygens (including phenoxy) is 1. The monoisotopic (exact) mass is 324 g/mol. The third-order valence-electron chi connectivity index (χ3n) is 3.25. The van der Waals surface area contributed by atoms with Crippen LogP contribution in [0.15, 0.2) is 29.2 Å². The number of rotatable bonds is 4. The van der Waals surface area contributed by atoms with Gasteiger partial charge >= 0.3 is 5.97 Å². The lowest BCUT2D eigenvalue weighted by Gasteiger charge is -2.25. The van der Waals surface area contributed by atoms with E-state index in [0.29, 0.717) is 13.0 Å². The van der Waals surface area contributed by atoms with E-state index in [4.69, 9.17) is 12.2 Å². The summed E-state index contributed by atoms with van der Waals surface area (Å²) >= 11 is 7.38. The number of hydrogen-bond acceptors (Lipinski definition) is 4. The quantitative estimate of drug-likeness (QED) is 0.522. The number of para-hydroxylation sites is 1. The van der Waals surface area contributed by atoms with E-state index in [2.05, 4.69) is 33.2 Å². The summed E-state index contributed by atoms with van der Waals surface area (Å²) in [7, 11) is 1.41. The van der Waals surface area contributed by atoms with Crippen LogP contribution in [0.25, 0.3) is 0 Å². The SMILES string of the molecule is COC(=O)CCCNC(=S)N1CCCSc2ccccc21. The van der Waals surface area contributed by atoms with Gasteiger partial charge in [-0.05, 0) is 42.9 Å². The van der Waals surface area contributed by atoms with Crippen molar-refractivity contribution in [3.63, 3.8) is 0 Å². The molecule has 1 aliphatic heterocycles. The Bertz CT molecular complexity index is 508. The molecule has 1 N–H and O–H groups in total. The molecule has 21 heavy (non-hydrogen) atoms. The Hall–Kier alpha value is -1.27. The minimum atomic E-state index is -0.181. The Morgan fingerprint density at radius 1 is 1.48 bits per heavy atom. The molecule has 0 unspecified atom stereocenters. The van der Waals surface area contributed by atoms with Gasteiger partial charge in [-0.2, -0.15) is 0 Å². The van der Waals surface area contributed by atoms with Crippen LogP contribution < -0.4 is 10.2 Å². The van der Waals surface area contributed by atoms with E-state index in [-0.39, 0.29) is 5.97 Å². The van der Waals surface area contributed by atoms with Gasteiger partial charge in [-0.1, -0.05) is 12.1 Å². The Morgan fingerprint density at radius 2 is 2.29 bits per heavy atom. The smallest absolute Gasteiger partial charge is 0.305 e. The molecule has 6 heteroatoms. The molecular weight excluding hydrogens is 304 g/mol. The Kier molecular flexibility index (Phi) is 6.32.